The van der Waals surface area contributed by atoms with E-state index in [2.05, 4.69) is 25.7 Å². The van der Waals surface area contributed by atoms with Gasteiger partial charge in [-0.25, -0.2) is 20.5 Å². The Bertz CT molecular complexity index is 661. The van der Waals surface area contributed by atoms with Crippen LogP contribution in [0.2, 0.25) is 0 Å². The Kier molecular flexibility index (Phi) is 2.58. The van der Waals surface area contributed by atoms with Crippen LogP contribution in [0, 0.1) is 0 Å². The standard InChI is InChI=1S/C11H11N7/c12-15-10-9-11(14-7-13-10)18(17-16-9)6-8-4-2-1-3-5-8/h1-5,7H,6,12H2,(H,13,14,15). The molecule has 0 aliphatic carbocycles. The molecule has 0 atom stereocenters. The van der Waals surface area contributed by atoms with E-state index in [0.29, 0.717) is 23.5 Å². The van der Waals surface area contributed by atoms with Crippen molar-refractivity contribution in [2.75, 3.05) is 5.43 Å². The van der Waals surface area contributed by atoms with Crippen LogP contribution in [0.25, 0.3) is 11.2 Å². The average molecular weight is 241 g/mol. The molecule has 7 heteroatoms. The van der Waals surface area contributed by atoms with E-state index in [1.165, 1.54) is 6.33 Å². The molecule has 0 saturated heterocycles. The lowest BCUT2D eigenvalue weighted by molar-refractivity contribution is 0.664. The largest absolute Gasteiger partial charge is 0.306 e. The summed E-state index contributed by atoms with van der Waals surface area (Å²) in [6.45, 7) is 0.609. The highest BCUT2D eigenvalue weighted by Crippen LogP contribution is 2.15. The highest BCUT2D eigenvalue weighted by atomic mass is 15.4. The van der Waals surface area contributed by atoms with E-state index in [9.17, 15) is 0 Å². The molecule has 0 fully saturated rings. The number of nitrogens with one attached hydrogen (secondary N) is 1. The van der Waals surface area contributed by atoms with Gasteiger partial charge in [-0.15, -0.1) is 5.10 Å². The van der Waals surface area contributed by atoms with Gasteiger partial charge in [-0.05, 0) is 5.56 Å². The first-order valence-corrected chi connectivity index (χ1v) is 5.43. The van der Waals surface area contributed by atoms with Gasteiger partial charge in [-0.1, -0.05) is 35.5 Å². The van der Waals surface area contributed by atoms with Crippen LogP contribution in [0.1, 0.15) is 5.56 Å². The summed E-state index contributed by atoms with van der Waals surface area (Å²) in [6, 6.07) is 9.99. The van der Waals surface area contributed by atoms with Gasteiger partial charge in [0.25, 0.3) is 0 Å². The molecule has 3 rings (SSSR count). The summed E-state index contributed by atoms with van der Waals surface area (Å²) in [7, 11) is 0. The van der Waals surface area contributed by atoms with Crippen molar-refractivity contribution in [3.63, 3.8) is 0 Å². The lowest BCUT2D eigenvalue weighted by Gasteiger charge is -2.02. The zero-order valence-electron chi connectivity index (χ0n) is 9.48. The molecule has 0 aliphatic heterocycles. The Morgan fingerprint density at radius 1 is 1.17 bits per heavy atom. The molecule has 18 heavy (non-hydrogen) atoms. The van der Waals surface area contributed by atoms with Crippen molar-refractivity contribution in [2.45, 2.75) is 6.54 Å². The second kappa shape index (κ2) is 4.38. The predicted octanol–water partition coefficient (Wildman–Crippen LogP) is 0.555. The number of benzene rings is 1. The second-order valence-electron chi connectivity index (χ2n) is 3.77. The molecule has 0 unspecified atom stereocenters. The Morgan fingerprint density at radius 3 is 2.78 bits per heavy atom. The number of nitrogens with zero attached hydrogens (tertiary/aromatic N) is 5. The van der Waals surface area contributed by atoms with E-state index in [0.717, 1.165) is 5.56 Å². The fourth-order valence-electron chi connectivity index (χ4n) is 1.76. The Morgan fingerprint density at radius 2 is 2.00 bits per heavy atom. The van der Waals surface area contributed by atoms with Gasteiger partial charge in [-0.3, -0.25) is 0 Å². The van der Waals surface area contributed by atoms with E-state index < -0.39 is 0 Å². The van der Waals surface area contributed by atoms with Crippen LogP contribution in [0.4, 0.5) is 5.82 Å². The lowest BCUT2D eigenvalue weighted by atomic mass is 10.2. The van der Waals surface area contributed by atoms with Gasteiger partial charge in [0.05, 0.1) is 6.54 Å². The third-order valence-corrected chi connectivity index (χ3v) is 2.61. The van der Waals surface area contributed by atoms with Crippen molar-refractivity contribution in [3.05, 3.63) is 42.2 Å². The van der Waals surface area contributed by atoms with Crippen molar-refractivity contribution in [1.29, 1.82) is 0 Å². The van der Waals surface area contributed by atoms with Crippen LogP contribution < -0.4 is 11.3 Å². The maximum Gasteiger partial charge on any atom is 0.184 e. The van der Waals surface area contributed by atoms with Crippen molar-refractivity contribution < 1.29 is 0 Å². The number of aromatic nitrogens is 5. The van der Waals surface area contributed by atoms with Crippen molar-refractivity contribution >= 4 is 17.0 Å². The summed E-state index contributed by atoms with van der Waals surface area (Å²) in [5.41, 5.74) is 4.83. The molecule has 0 aliphatic rings. The normalized spacial score (nSPS) is 10.7. The third-order valence-electron chi connectivity index (χ3n) is 2.61. The van der Waals surface area contributed by atoms with Crippen LogP contribution in [-0.4, -0.2) is 25.0 Å². The summed E-state index contributed by atoms with van der Waals surface area (Å²) >= 11 is 0. The van der Waals surface area contributed by atoms with Gasteiger partial charge < -0.3 is 5.43 Å². The lowest BCUT2D eigenvalue weighted by Crippen LogP contribution is -2.09. The van der Waals surface area contributed by atoms with Crippen LogP contribution >= 0.6 is 0 Å². The topological polar surface area (TPSA) is 94.5 Å². The Labute approximate surface area is 103 Å². The number of fused-ring (bicyclic) bond motifs is 1. The van der Waals surface area contributed by atoms with Gasteiger partial charge in [0.1, 0.15) is 6.33 Å². The summed E-state index contributed by atoms with van der Waals surface area (Å²) < 4.78 is 1.72. The molecule has 90 valence electrons. The molecule has 2 heterocycles. The Balaban J connectivity index is 2.03. The number of nitrogens with two attached hydrogens (primary N) is 1. The minimum atomic E-state index is 0.472. The van der Waals surface area contributed by atoms with Crippen LogP contribution in [0.5, 0.6) is 0 Å². The summed E-state index contributed by atoms with van der Waals surface area (Å²) in [5, 5.41) is 8.10. The third kappa shape index (κ3) is 1.76. The minimum absolute atomic E-state index is 0.472. The zero-order chi connectivity index (χ0) is 12.4. The maximum absolute atomic E-state index is 5.36. The number of anilines is 1. The fourth-order valence-corrected chi connectivity index (χ4v) is 1.76. The highest BCUT2D eigenvalue weighted by molar-refractivity contribution is 5.81. The zero-order valence-corrected chi connectivity index (χ0v) is 9.48. The molecule has 0 spiro atoms. The monoisotopic (exact) mass is 241 g/mol. The molecular weight excluding hydrogens is 230 g/mol. The number of hydrogen-bond donors (Lipinski definition) is 2. The second-order valence-corrected chi connectivity index (χ2v) is 3.77. The predicted molar refractivity (Wildman–Crippen MR) is 66.5 cm³/mol. The van der Waals surface area contributed by atoms with Crippen LogP contribution in [-0.2, 0) is 6.54 Å². The van der Waals surface area contributed by atoms with E-state index in [4.69, 9.17) is 5.84 Å². The first kappa shape index (κ1) is 10.6. The van der Waals surface area contributed by atoms with Gasteiger partial charge >= 0.3 is 0 Å². The number of hydrazine groups is 1. The SMILES string of the molecule is NNc1ncnc2c1nnn2Cc1ccccc1. The molecule has 3 N–H and O–H groups in total. The number of hydrogen-bond acceptors (Lipinski definition) is 6. The molecule has 1 aromatic carbocycles. The Hall–Kier alpha value is -2.54. The molecule has 0 amide bonds. The summed E-state index contributed by atoms with van der Waals surface area (Å²) in [4.78, 5) is 8.16. The molecule has 0 radical (unpaired) electrons. The molecule has 0 bridgehead atoms. The molecule has 3 aromatic rings. The van der Waals surface area contributed by atoms with Crippen molar-refractivity contribution in [1.82, 2.24) is 25.0 Å². The quantitative estimate of drug-likeness (QED) is 0.514. The molecular formula is C11H11N7. The first-order chi connectivity index (χ1) is 8.88. The van der Waals surface area contributed by atoms with Gasteiger partial charge in [0.2, 0.25) is 0 Å². The average Bonchev–Trinajstić information content (AvgIpc) is 2.83. The molecule has 2 aromatic heterocycles. The van der Waals surface area contributed by atoms with E-state index in [1.54, 1.807) is 4.68 Å². The van der Waals surface area contributed by atoms with Gasteiger partial charge in [-0.2, -0.15) is 0 Å². The van der Waals surface area contributed by atoms with Crippen LogP contribution in [0.15, 0.2) is 36.7 Å². The van der Waals surface area contributed by atoms with Gasteiger partial charge in [0, 0.05) is 0 Å². The summed E-state index contributed by atoms with van der Waals surface area (Å²) in [6.07, 6.45) is 1.43. The van der Waals surface area contributed by atoms with E-state index in [1.807, 2.05) is 30.3 Å². The minimum Gasteiger partial charge on any atom is -0.306 e. The smallest absolute Gasteiger partial charge is 0.184 e. The number of nitrogen functional groups attached to an aromatic ring is 1. The van der Waals surface area contributed by atoms with Crippen LogP contribution in [0.3, 0.4) is 0 Å². The number of rotatable bonds is 3. The first-order valence-electron chi connectivity index (χ1n) is 5.43. The van der Waals surface area contributed by atoms with Crippen molar-refractivity contribution in [3.8, 4) is 0 Å². The highest BCUT2D eigenvalue weighted by Gasteiger charge is 2.10. The fraction of sp³-hybridized carbons (Fsp3) is 0.0909. The van der Waals surface area contributed by atoms with E-state index in [-0.39, 0.29) is 0 Å². The van der Waals surface area contributed by atoms with Crippen molar-refractivity contribution in [2.24, 2.45) is 5.84 Å². The molecule has 0 saturated carbocycles. The van der Waals surface area contributed by atoms with E-state index >= 15 is 0 Å². The molecule has 7 nitrogen and oxygen atoms in total. The van der Waals surface area contributed by atoms with Gasteiger partial charge in [0.15, 0.2) is 17.0 Å². The maximum atomic E-state index is 5.36. The summed E-state index contributed by atoms with van der Waals surface area (Å²) in [5.74, 6) is 5.83.